The first-order valence-electron chi connectivity index (χ1n) is 9.18. The molecular formula is C21H23N5O. The van der Waals surface area contributed by atoms with Crippen molar-refractivity contribution in [3.63, 3.8) is 0 Å². The maximum absolute atomic E-state index is 12.4. The Labute approximate surface area is 158 Å². The van der Waals surface area contributed by atoms with Gasteiger partial charge in [-0.05, 0) is 29.8 Å². The minimum absolute atomic E-state index is 0.0915. The molecule has 1 saturated heterocycles. The van der Waals surface area contributed by atoms with Gasteiger partial charge in [0.1, 0.15) is 0 Å². The van der Waals surface area contributed by atoms with Crippen LogP contribution in [0.2, 0.25) is 0 Å². The number of benzene rings is 2. The van der Waals surface area contributed by atoms with E-state index in [4.69, 9.17) is 0 Å². The van der Waals surface area contributed by atoms with Crippen LogP contribution < -0.4 is 10.6 Å². The zero-order chi connectivity index (χ0) is 18.5. The Bertz CT molecular complexity index is 861. The number of aromatic amines is 1. The minimum Gasteiger partial charge on any atom is -0.322 e. The molecule has 1 aromatic heterocycles. The number of hydrogen-bond acceptors (Lipinski definition) is 4. The maximum atomic E-state index is 12.4. The molecule has 2 heterocycles. The van der Waals surface area contributed by atoms with Crippen LogP contribution in [0.4, 0.5) is 5.69 Å². The highest BCUT2D eigenvalue weighted by Gasteiger charge is 2.24. The van der Waals surface area contributed by atoms with Gasteiger partial charge >= 0.3 is 0 Å². The number of nitrogens with one attached hydrogen (secondary N) is 3. The number of H-pyrrole nitrogens is 1. The van der Waals surface area contributed by atoms with Crippen molar-refractivity contribution >= 4 is 11.6 Å². The Morgan fingerprint density at radius 1 is 1.15 bits per heavy atom. The Kier molecular flexibility index (Phi) is 5.27. The summed E-state index contributed by atoms with van der Waals surface area (Å²) in [6.07, 6.45) is 3.85. The summed E-state index contributed by atoms with van der Waals surface area (Å²) in [6.45, 7) is 3.72. The Morgan fingerprint density at radius 3 is 2.70 bits per heavy atom. The van der Waals surface area contributed by atoms with Crippen LogP contribution in [-0.4, -0.2) is 40.6 Å². The predicted molar refractivity (Wildman–Crippen MR) is 105 cm³/mol. The second-order valence-electron chi connectivity index (χ2n) is 6.74. The first kappa shape index (κ1) is 17.5. The van der Waals surface area contributed by atoms with Crippen molar-refractivity contribution in [3.8, 4) is 0 Å². The van der Waals surface area contributed by atoms with Crippen molar-refractivity contribution in [1.29, 1.82) is 0 Å². The summed E-state index contributed by atoms with van der Waals surface area (Å²) >= 11 is 0. The number of carbonyl (C=O) groups excluding carboxylic acids is 1. The van der Waals surface area contributed by atoms with Gasteiger partial charge in [-0.2, -0.15) is 5.10 Å². The van der Waals surface area contributed by atoms with E-state index in [-0.39, 0.29) is 5.91 Å². The molecule has 2 aromatic carbocycles. The van der Waals surface area contributed by atoms with Crippen LogP contribution in [0.25, 0.3) is 0 Å². The highest BCUT2D eigenvalue weighted by Crippen LogP contribution is 2.23. The minimum atomic E-state index is -0.0915. The molecule has 6 nitrogen and oxygen atoms in total. The maximum Gasteiger partial charge on any atom is 0.255 e. The third-order valence-electron chi connectivity index (χ3n) is 4.89. The van der Waals surface area contributed by atoms with Gasteiger partial charge in [-0.25, -0.2) is 0 Å². The summed E-state index contributed by atoms with van der Waals surface area (Å²) in [5.74, 6) is -0.0915. The molecule has 4 rings (SSSR count). The molecule has 0 radical (unpaired) electrons. The van der Waals surface area contributed by atoms with E-state index < -0.39 is 0 Å². The number of para-hydroxylation sites is 1. The quantitative estimate of drug-likeness (QED) is 0.653. The lowest BCUT2D eigenvalue weighted by atomic mass is 10.0. The molecule has 0 aliphatic carbocycles. The molecule has 6 heteroatoms. The number of piperazine rings is 1. The predicted octanol–water partition coefficient (Wildman–Crippen LogP) is 2.81. The lowest BCUT2D eigenvalue weighted by Crippen LogP contribution is -2.45. The largest absolute Gasteiger partial charge is 0.322 e. The summed E-state index contributed by atoms with van der Waals surface area (Å²) in [5, 5.41) is 13.3. The van der Waals surface area contributed by atoms with Crippen molar-refractivity contribution in [3.05, 3.63) is 83.7 Å². The van der Waals surface area contributed by atoms with Crippen LogP contribution in [0.5, 0.6) is 0 Å². The summed E-state index contributed by atoms with van der Waals surface area (Å²) in [4.78, 5) is 14.8. The van der Waals surface area contributed by atoms with E-state index in [9.17, 15) is 4.79 Å². The van der Waals surface area contributed by atoms with Crippen LogP contribution in [0.3, 0.4) is 0 Å². The third kappa shape index (κ3) is 4.24. The van der Waals surface area contributed by atoms with Gasteiger partial charge in [-0.3, -0.25) is 14.8 Å². The monoisotopic (exact) mass is 361 g/mol. The van der Waals surface area contributed by atoms with Gasteiger partial charge in [-0.1, -0.05) is 30.3 Å². The number of hydrogen-bond donors (Lipinski definition) is 3. The average Bonchev–Trinajstić information content (AvgIpc) is 3.24. The van der Waals surface area contributed by atoms with Gasteiger partial charge in [0.25, 0.3) is 5.91 Å². The fourth-order valence-corrected chi connectivity index (χ4v) is 3.43. The van der Waals surface area contributed by atoms with E-state index in [1.807, 2.05) is 67.0 Å². The van der Waals surface area contributed by atoms with E-state index in [2.05, 4.69) is 25.7 Å². The summed E-state index contributed by atoms with van der Waals surface area (Å²) in [5.41, 5.74) is 3.85. The SMILES string of the molecule is O=C(Nc1ccccc1)c1ccc(CN2CCNCC2c2cn[nH]c2)cc1. The van der Waals surface area contributed by atoms with Gasteiger partial charge in [-0.15, -0.1) is 0 Å². The molecule has 27 heavy (non-hydrogen) atoms. The second-order valence-corrected chi connectivity index (χ2v) is 6.74. The van der Waals surface area contributed by atoms with Crippen molar-refractivity contribution in [2.75, 3.05) is 25.0 Å². The van der Waals surface area contributed by atoms with Crippen molar-refractivity contribution < 1.29 is 4.79 Å². The molecule has 3 aromatic rings. The molecule has 138 valence electrons. The van der Waals surface area contributed by atoms with E-state index in [0.29, 0.717) is 11.6 Å². The molecular weight excluding hydrogens is 338 g/mol. The number of amides is 1. The molecule has 0 spiro atoms. The van der Waals surface area contributed by atoms with Gasteiger partial charge in [0, 0.05) is 49.2 Å². The number of rotatable bonds is 5. The lowest BCUT2D eigenvalue weighted by molar-refractivity contribution is 0.102. The average molecular weight is 361 g/mol. The van der Waals surface area contributed by atoms with Gasteiger partial charge in [0.2, 0.25) is 0 Å². The van der Waals surface area contributed by atoms with Crippen LogP contribution in [0, 0.1) is 0 Å². The summed E-state index contributed by atoms with van der Waals surface area (Å²) in [7, 11) is 0. The van der Waals surface area contributed by atoms with E-state index in [0.717, 1.165) is 31.9 Å². The second kappa shape index (κ2) is 8.16. The number of aromatic nitrogens is 2. The Morgan fingerprint density at radius 2 is 1.96 bits per heavy atom. The number of nitrogens with zero attached hydrogens (tertiary/aromatic N) is 2. The summed E-state index contributed by atoms with van der Waals surface area (Å²) < 4.78 is 0. The molecule has 1 unspecified atom stereocenters. The van der Waals surface area contributed by atoms with E-state index >= 15 is 0 Å². The molecule has 1 aliphatic rings. The zero-order valence-electron chi connectivity index (χ0n) is 15.1. The molecule has 0 bridgehead atoms. The van der Waals surface area contributed by atoms with Gasteiger partial charge in [0.15, 0.2) is 0 Å². The normalized spacial score (nSPS) is 17.6. The number of carbonyl (C=O) groups is 1. The van der Waals surface area contributed by atoms with Gasteiger partial charge in [0.05, 0.1) is 12.2 Å². The van der Waals surface area contributed by atoms with E-state index in [1.165, 1.54) is 11.1 Å². The molecule has 1 fully saturated rings. The van der Waals surface area contributed by atoms with Crippen LogP contribution in [0.15, 0.2) is 67.0 Å². The Balaban J connectivity index is 1.42. The first-order valence-corrected chi connectivity index (χ1v) is 9.18. The smallest absolute Gasteiger partial charge is 0.255 e. The standard InChI is InChI=1S/C21H23N5O/c27-21(25-19-4-2-1-3-5-19)17-8-6-16(7-9-17)15-26-11-10-22-14-20(26)18-12-23-24-13-18/h1-9,12-13,20,22H,10-11,14-15H2,(H,23,24)(H,25,27). The third-order valence-corrected chi connectivity index (χ3v) is 4.89. The fraction of sp³-hybridized carbons (Fsp3) is 0.238. The van der Waals surface area contributed by atoms with Gasteiger partial charge < -0.3 is 10.6 Å². The molecule has 1 atom stereocenters. The molecule has 1 amide bonds. The van der Waals surface area contributed by atoms with Crippen LogP contribution >= 0.6 is 0 Å². The van der Waals surface area contributed by atoms with Crippen LogP contribution in [0.1, 0.15) is 27.5 Å². The van der Waals surface area contributed by atoms with E-state index in [1.54, 1.807) is 0 Å². The molecule has 3 N–H and O–H groups in total. The number of anilines is 1. The zero-order valence-corrected chi connectivity index (χ0v) is 15.1. The van der Waals surface area contributed by atoms with Crippen LogP contribution in [-0.2, 0) is 6.54 Å². The Hall–Kier alpha value is -2.96. The first-order chi connectivity index (χ1) is 13.3. The summed E-state index contributed by atoms with van der Waals surface area (Å²) in [6, 6.07) is 17.7. The topological polar surface area (TPSA) is 73.1 Å². The highest BCUT2D eigenvalue weighted by molar-refractivity contribution is 6.04. The lowest BCUT2D eigenvalue weighted by Gasteiger charge is -2.35. The van der Waals surface area contributed by atoms with Crippen molar-refractivity contribution in [1.82, 2.24) is 20.4 Å². The van der Waals surface area contributed by atoms with Crippen molar-refractivity contribution in [2.45, 2.75) is 12.6 Å². The fourth-order valence-electron chi connectivity index (χ4n) is 3.43. The van der Waals surface area contributed by atoms with Crippen molar-refractivity contribution in [2.24, 2.45) is 0 Å². The molecule has 0 saturated carbocycles. The molecule has 1 aliphatic heterocycles. The highest BCUT2D eigenvalue weighted by atomic mass is 16.1.